The van der Waals surface area contributed by atoms with Gasteiger partial charge in [0, 0.05) is 12.6 Å². The highest BCUT2D eigenvalue weighted by atomic mass is 19.4. The van der Waals surface area contributed by atoms with E-state index in [4.69, 9.17) is 0 Å². The van der Waals surface area contributed by atoms with E-state index in [2.05, 4.69) is 10.4 Å². The number of rotatable bonds is 5. The lowest BCUT2D eigenvalue weighted by Crippen LogP contribution is -2.18. The first-order chi connectivity index (χ1) is 9.42. The molecule has 0 unspecified atom stereocenters. The fourth-order valence-corrected chi connectivity index (χ4v) is 2.56. The Kier molecular flexibility index (Phi) is 4.67. The number of carbonyl (C=O) groups excluding carboxylic acids is 1. The van der Waals surface area contributed by atoms with Gasteiger partial charge < -0.3 is 5.32 Å². The van der Waals surface area contributed by atoms with Crippen LogP contribution in [0.2, 0.25) is 0 Å². The second kappa shape index (κ2) is 6.28. The smallest absolute Gasteiger partial charge is 0.323 e. The molecule has 112 valence electrons. The molecule has 0 spiro atoms. The number of anilines is 1. The van der Waals surface area contributed by atoms with Crippen LogP contribution in [-0.4, -0.2) is 21.9 Å². The van der Waals surface area contributed by atoms with Gasteiger partial charge in [-0.3, -0.25) is 9.48 Å². The molecule has 0 aliphatic heterocycles. The van der Waals surface area contributed by atoms with E-state index >= 15 is 0 Å². The van der Waals surface area contributed by atoms with E-state index in [9.17, 15) is 18.0 Å². The van der Waals surface area contributed by atoms with Gasteiger partial charge >= 0.3 is 6.18 Å². The molecule has 1 aliphatic carbocycles. The lowest BCUT2D eigenvalue weighted by atomic mass is 10.0. The Balaban J connectivity index is 1.76. The molecule has 1 heterocycles. The van der Waals surface area contributed by atoms with Crippen LogP contribution in [0.3, 0.4) is 0 Å². The minimum absolute atomic E-state index is 0.163. The van der Waals surface area contributed by atoms with E-state index in [1.165, 1.54) is 38.1 Å². The third-order valence-corrected chi connectivity index (χ3v) is 3.51. The highest BCUT2D eigenvalue weighted by Crippen LogP contribution is 2.28. The number of aromatic nitrogens is 2. The van der Waals surface area contributed by atoms with Crippen molar-refractivity contribution in [2.45, 2.75) is 51.2 Å². The minimum atomic E-state index is -4.31. The van der Waals surface area contributed by atoms with Crippen molar-refractivity contribution in [3.63, 3.8) is 0 Å². The van der Waals surface area contributed by atoms with Gasteiger partial charge in [0.05, 0.1) is 11.9 Å². The van der Waals surface area contributed by atoms with E-state index < -0.39 is 12.7 Å². The van der Waals surface area contributed by atoms with Crippen LogP contribution >= 0.6 is 0 Å². The zero-order valence-corrected chi connectivity index (χ0v) is 11.1. The molecule has 1 aromatic heterocycles. The number of nitrogens with one attached hydrogen (secondary N) is 1. The SMILES string of the molecule is O=C(CCC1CCCC1)Nc1cnn(CC(F)(F)F)c1. The van der Waals surface area contributed by atoms with E-state index in [0.717, 1.165) is 11.1 Å². The molecule has 1 fully saturated rings. The second-order valence-corrected chi connectivity index (χ2v) is 5.28. The standard InChI is InChI=1S/C13H18F3N3O/c14-13(15,16)9-19-8-11(7-17-19)18-12(20)6-5-10-3-1-2-4-10/h7-8,10H,1-6,9H2,(H,18,20). The molecular formula is C13H18F3N3O. The monoisotopic (exact) mass is 289 g/mol. The average Bonchev–Trinajstić information content (AvgIpc) is 2.96. The van der Waals surface area contributed by atoms with Crippen LogP contribution in [0.25, 0.3) is 0 Å². The molecule has 1 saturated carbocycles. The van der Waals surface area contributed by atoms with E-state index in [1.807, 2.05) is 0 Å². The van der Waals surface area contributed by atoms with E-state index in [-0.39, 0.29) is 5.91 Å². The largest absolute Gasteiger partial charge is 0.408 e. The normalized spacial score (nSPS) is 16.6. The summed E-state index contributed by atoms with van der Waals surface area (Å²) >= 11 is 0. The van der Waals surface area contributed by atoms with Crippen molar-refractivity contribution < 1.29 is 18.0 Å². The molecule has 1 aromatic rings. The zero-order valence-electron chi connectivity index (χ0n) is 11.1. The molecule has 0 atom stereocenters. The van der Waals surface area contributed by atoms with Crippen molar-refractivity contribution in [2.75, 3.05) is 5.32 Å². The third-order valence-electron chi connectivity index (χ3n) is 3.51. The zero-order chi connectivity index (χ0) is 14.6. The summed E-state index contributed by atoms with van der Waals surface area (Å²) in [5.74, 6) is 0.456. The highest BCUT2D eigenvalue weighted by molar-refractivity contribution is 5.90. The molecule has 2 rings (SSSR count). The van der Waals surface area contributed by atoms with Crippen LogP contribution in [0.1, 0.15) is 38.5 Å². The van der Waals surface area contributed by atoms with Gasteiger partial charge in [0.2, 0.25) is 5.91 Å². The molecular weight excluding hydrogens is 271 g/mol. The molecule has 1 aliphatic rings. The maximum absolute atomic E-state index is 12.2. The molecule has 1 N–H and O–H groups in total. The van der Waals surface area contributed by atoms with Crippen molar-refractivity contribution in [1.29, 1.82) is 0 Å². The second-order valence-electron chi connectivity index (χ2n) is 5.28. The first-order valence-corrected chi connectivity index (χ1v) is 6.81. The number of amides is 1. The number of alkyl halides is 3. The maximum Gasteiger partial charge on any atom is 0.408 e. The predicted molar refractivity (Wildman–Crippen MR) is 68.1 cm³/mol. The molecule has 1 amide bonds. The molecule has 0 aromatic carbocycles. The quantitative estimate of drug-likeness (QED) is 0.903. The van der Waals surface area contributed by atoms with Crippen LogP contribution in [0, 0.1) is 5.92 Å². The van der Waals surface area contributed by atoms with Gasteiger partial charge in [-0.2, -0.15) is 18.3 Å². The highest BCUT2D eigenvalue weighted by Gasteiger charge is 2.28. The lowest BCUT2D eigenvalue weighted by molar-refractivity contribution is -0.142. The average molecular weight is 289 g/mol. The van der Waals surface area contributed by atoms with E-state index in [0.29, 0.717) is 18.0 Å². The van der Waals surface area contributed by atoms with E-state index in [1.54, 1.807) is 0 Å². The van der Waals surface area contributed by atoms with Gasteiger partial charge in [0.15, 0.2) is 0 Å². The van der Waals surface area contributed by atoms with Crippen LogP contribution in [-0.2, 0) is 11.3 Å². The summed E-state index contributed by atoms with van der Waals surface area (Å²) < 4.78 is 37.2. The molecule has 20 heavy (non-hydrogen) atoms. The summed E-state index contributed by atoms with van der Waals surface area (Å²) in [5, 5.41) is 6.16. The Morgan fingerprint density at radius 3 is 2.75 bits per heavy atom. The summed E-state index contributed by atoms with van der Waals surface area (Å²) in [4.78, 5) is 11.7. The number of nitrogens with zero attached hydrogens (tertiary/aromatic N) is 2. The van der Waals surface area contributed by atoms with Crippen molar-refractivity contribution in [2.24, 2.45) is 5.92 Å². The van der Waals surface area contributed by atoms with Crippen molar-refractivity contribution in [3.05, 3.63) is 12.4 Å². The Morgan fingerprint density at radius 1 is 1.40 bits per heavy atom. The van der Waals surface area contributed by atoms with Crippen molar-refractivity contribution >= 4 is 11.6 Å². The summed E-state index contributed by atoms with van der Waals surface area (Å²) in [6.45, 7) is -1.15. The summed E-state index contributed by atoms with van der Waals surface area (Å²) in [7, 11) is 0. The van der Waals surface area contributed by atoms with Crippen LogP contribution < -0.4 is 5.32 Å². The van der Waals surface area contributed by atoms with Gasteiger partial charge in [0.1, 0.15) is 6.54 Å². The fraction of sp³-hybridized carbons (Fsp3) is 0.692. The summed E-state index contributed by atoms with van der Waals surface area (Å²) in [6.07, 6.45) is 4.20. The molecule has 7 heteroatoms. The Bertz CT molecular complexity index is 450. The van der Waals surface area contributed by atoms with Gasteiger partial charge in [-0.05, 0) is 12.3 Å². The Morgan fingerprint density at radius 2 is 2.10 bits per heavy atom. The maximum atomic E-state index is 12.2. The topological polar surface area (TPSA) is 46.9 Å². The Labute approximate surface area is 115 Å². The fourth-order valence-electron chi connectivity index (χ4n) is 2.56. The first kappa shape index (κ1) is 14.9. The molecule has 4 nitrogen and oxygen atoms in total. The number of hydrogen-bond acceptors (Lipinski definition) is 2. The van der Waals surface area contributed by atoms with Gasteiger partial charge in [-0.1, -0.05) is 25.7 Å². The molecule has 0 saturated heterocycles. The molecule has 0 radical (unpaired) electrons. The first-order valence-electron chi connectivity index (χ1n) is 6.81. The van der Waals surface area contributed by atoms with Crippen LogP contribution in [0.4, 0.5) is 18.9 Å². The number of halogens is 3. The predicted octanol–water partition coefficient (Wildman–Crippen LogP) is 3.35. The third kappa shape index (κ3) is 4.86. The van der Waals surface area contributed by atoms with Crippen LogP contribution in [0.15, 0.2) is 12.4 Å². The van der Waals surface area contributed by atoms with Crippen molar-refractivity contribution in [1.82, 2.24) is 9.78 Å². The van der Waals surface area contributed by atoms with Gasteiger partial charge in [-0.25, -0.2) is 0 Å². The Hall–Kier alpha value is -1.53. The minimum Gasteiger partial charge on any atom is -0.323 e. The van der Waals surface area contributed by atoms with Gasteiger partial charge in [-0.15, -0.1) is 0 Å². The number of hydrogen-bond donors (Lipinski definition) is 1. The van der Waals surface area contributed by atoms with Crippen LogP contribution in [0.5, 0.6) is 0 Å². The molecule has 0 bridgehead atoms. The number of carbonyl (C=O) groups is 1. The summed E-state index contributed by atoms with van der Waals surface area (Å²) in [5.41, 5.74) is 0.311. The van der Waals surface area contributed by atoms with Gasteiger partial charge in [0.25, 0.3) is 0 Å². The lowest BCUT2D eigenvalue weighted by Gasteiger charge is -2.08. The summed E-state index contributed by atoms with van der Waals surface area (Å²) in [6, 6.07) is 0. The van der Waals surface area contributed by atoms with Crippen molar-refractivity contribution in [3.8, 4) is 0 Å².